The zero-order valence-corrected chi connectivity index (χ0v) is 10.9. The van der Waals surface area contributed by atoms with Gasteiger partial charge in [0.15, 0.2) is 11.6 Å². The molecule has 0 aliphatic carbocycles. The molecule has 0 aromatic heterocycles. The normalized spacial score (nSPS) is 9.84. The Labute approximate surface area is 110 Å². The fourth-order valence-electron chi connectivity index (χ4n) is 1.36. The molecule has 0 atom stereocenters. The molecule has 0 bridgehead atoms. The van der Waals surface area contributed by atoms with Crippen LogP contribution >= 0.6 is 0 Å². The number of ether oxygens (including phenoxy) is 2. The Bertz CT molecular complexity index is 462. The molecule has 0 spiro atoms. The largest absolute Gasteiger partial charge is 0.450 e. The Morgan fingerprint density at radius 1 is 1.32 bits per heavy atom. The van der Waals surface area contributed by atoms with Crippen molar-refractivity contribution >= 4 is 17.7 Å². The van der Waals surface area contributed by atoms with Crippen LogP contribution in [0.15, 0.2) is 18.2 Å². The molecule has 0 unspecified atom stereocenters. The van der Waals surface area contributed by atoms with E-state index in [1.54, 1.807) is 13.8 Å². The van der Waals surface area contributed by atoms with Crippen LogP contribution in [0.4, 0.5) is 14.9 Å². The minimum absolute atomic E-state index is 0.0582. The van der Waals surface area contributed by atoms with Crippen LogP contribution in [0.2, 0.25) is 0 Å². The summed E-state index contributed by atoms with van der Waals surface area (Å²) < 4.78 is 23.2. The number of rotatable bonds is 5. The van der Waals surface area contributed by atoms with Gasteiger partial charge in [-0.2, -0.15) is 0 Å². The Hall–Kier alpha value is -2.11. The number of carbonyl (C=O) groups excluding carboxylic acids is 2. The number of halogens is 1. The Balaban J connectivity index is 2.88. The van der Waals surface area contributed by atoms with E-state index in [9.17, 15) is 14.0 Å². The number of carbonyl (C=O) groups is 2. The fraction of sp³-hybridized carbons (Fsp3) is 0.385. The van der Waals surface area contributed by atoms with E-state index in [0.717, 1.165) is 6.07 Å². The summed E-state index contributed by atoms with van der Waals surface area (Å²) in [6, 6.07) is 3.97. The van der Waals surface area contributed by atoms with Gasteiger partial charge in [-0.3, -0.25) is 10.1 Å². The molecule has 104 valence electrons. The van der Waals surface area contributed by atoms with Crippen LogP contribution in [-0.2, 0) is 9.53 Å². The van der Waals surface area contributed by atoms with Gasteiger partial charge >= 0.3 is 12.1 Å². The average molecular weight is 269 g/mol. The Morgan fingerprint density at radius 2 is 2.05 bits per heavy atom. The summed E-state index contributed by atoms with van der Waals surface area (Å²) in [6.45, 7) is 3.64. The molecule has 1 amide bonds. The van der Waals surface area contributed by atoms with Gasteiger partial charge in [0, 0.05) is 6.42 Å². The lowest BCUT2D eigenvalue weighted by Gasteiger charge is -2.11. The van der Waals surface area contributed by atoms with Crippen molar-refractivity contribution < 1.29 is 23.5 Å². The number of hydrogen-bond acceptors (Lipinski definition) is 4. The maximum Gasteiger partial charge on any atom is 0.411 e. The molecule has 19 heavy (non-hydrogen) atoms. The van der Waals surface area contributed by atoms with Gasteiger partial charge in [0.1, 0.15) is 0 Å². The average Bonchev–Trinajstić information content (AvgIpc) is 2.34. The van der Waals surface area contributed by atoms with Crippen LogP contribution in [0.5, 0.6) is 5.75 Å². The molecule has 0 aliphatic rings. The zero-order valence-electron chi connectivity index (χ0n) is 10.9. The molecular weight excluding hydrogens is 253 g/mol. The van der Waals surface area contributed by atoms with Gasteiger partial charge in [-0.25, -0.2) is 9.18 Å². The van der Waals surface area contributed by atoms with Gasteiger partial charge in [-0.1, -0.05) is 13.0 Å². The van der Waals surface area contributed by atoms with Crippen molar-refractivity contribution in [1.82, 2.24) is 0 Å². The monoisotopic (exact) mass is 269 g/mol. The van der Waals surface area contributed by atoms with Crippen LogP contribution in [0.25, 0.3) is 0 Å². The van der Waals surface area contributed by atoms with Gasteiger partial charge < -0.3 is 9.47 Å². The molecule has 1 aromatic carbocycles. The van der Waals surface area contributed by atoms with Crippen molar-refractivity contribution in [2.45, 2.75) is 26.7 Å². The summed E-state index contributed by atoms with van der Waals surface area (Å²) in [5.74, 6) is -1.58. The van der Waals surface area contributed by atoms with Gasteiger partial charge in [-0.05, 0) is 25.5 Å². The Morgan fingerprint density at radius 3 is 2.68 bits per heavy atom. The predicted molar refractivity (Wildman–Crippen MR) is 67.6 cm³/mol. The quantitative estimate of drug-likeness (QED) is 0.659. The van der Waals surface area contributed by atoms with Crippen molar-refractivity contribution in [2.75, 3.05) is 11.9 Å². The van der Waals surface area contributed by atoms with Crippen LogP contribution < -0.4 is 10.1 Å². The highest BCUT2D eigenvalue weighted by Gasteiger charge is 2.16. The summed E-state index contributed by atoms with van der Waals surface area (Å²) in [6.07, 6.45) is 0.0297. The zero-order chi connectivity index (χ0) is 14.3. The number of hydrogen-bond donors (Lipinski definition) is 1. The summed E-state index contributed by atoms with van der Waals surface area (Å²) in [4.78, 5) is 22.7. The second-order valence-electron chi connectivity index (χ2n) is 3.69. The van der Waals surface area contributed by atoms with Crippen LogP contribution in [0, 0.1) is 5.82 Å². The van der Waals surface area contributed by atoms with Crippen molar-refractivity contribution in [3.05, 3.63) is 24.0 Å². The summed E-state index contributed by atoms with van der Waals surface area (Å²) in [7, 11) is 0. The van der Waals surface area contributed by atoms with Crippen LogP contribution in [-0.4, -0.2) is 18.7 Å². The number of amides is 1. The topological polar surface area (TPSA) is 64.6 Å². The van der Waals surface area contributed by atoms with Gasteiger partial charge in [-0.15, -0.1) is 0 Å². The molecule has 0 aliphatic heterocycles. The van der Waals surface area contributed by atoms with Gasteiger partial charge in [0.2, 0.25) is 0 Å². The number of para-hydroxylation sites is 1. The highest BCUT2D eigenvalue weighted by Crippen LogP contribution is 2.28. The lowest BCUT2D eigenvalue weighted by atomic mass is 10.2. The molecule has 0 radical (unpaired) electrons. The first-order chi connectivity index (χ1) is 9.08. The van der Waals surface area contributed by atoms with E-state index in [0.29, 0.717) is 6.42 Å². The summed E-state index contributed by atoms with van der Waals surface area (Å²) in [5, 5.41) is 2.32. The third-order valence-electron chi connectivity index (χ3n) is 2.15. The van der Waals surface area contributed by atoms with E-state index >= 15 is 0 Å². The van der Waals surface area contributed by atoms with E-state index in [1.165, 1.54) is 12.1 Å². The highest BCUT2D eigenvalue weighted by atomic mass is 19.1. The Kier molecular flexibility index (Phi) is 5.78. The van der Waals surface area contributed by atoms with Crippen molar-refractivity contribution in [3.8, 4) is 5.75 Å². The highest BCUT2D eigenvalue weighted by molar-refractivity contribution is 5.87. The third-order valence-corrected chi connectivity index (χ3v) is 2.15. The minimum Gasteiger partial charge on any atom is -0.450 e. The standard InChI is InChI=1S/C13H16FNO4/c1-3-6-11(16)19-12-9(14)7-5-8-10(12)15-13(17)18-4-2/h5,7-8H,3-4,6H2,1-2H3,(H,15,17). The second kappa shape index (κ2) is 7.35. The van der Waals surface area contributed by atoms with E-state index in [4.69, 9.17) is 4.74 Å². The third kappa shape index (κ3) is 4.57. The predicted octanol–water partition coefficient (Wildman–Crippen LogP) is 3.10. The smallest absolute Gasteiger partial charge is 0.411 e. The molecule has 0 fully saturated rings. The van der Waals surface area contributed by atoms with Gasteiger partial charge in [0.05, 0.1) is 12.3 Å². The van der Waals surface area contributed by atoms with E-state index < -0.39 is 17.9 Å². The van der Waals surface area contributed by atoms with Crippen LogP contribution in [0.1, 0.15) is 26.7 Å². The van der Waals surface area contributed by atoms with Crippen molar-refractivity contribution in [1.29, 1.82) is 0 Å². The molecule has 1 N–H and O–H groups in total. The summed E-state index contributed by atoms with van der Waals surface area (Å²) in [5.41, 5.74) is 0.0582. The lowest BCUT2D eigenvalue weighted by molar-refractivity contribution is -0.134. The molecule has 0 heterocycles. The first kappa shape index (κ1) is 14.9. The molecule has 1 aromatic rings. The number of benzene rings is 1. The lowest BCUT2D eigenvalue weighted by Crippen LogP contribution is -2.16. The molecular formula is C13H16FNO4. The molecule has 1 rings (SSSR count). The summed E-state index contributed by atoms with van der Waals surface area (Å²) >= 11 is 0. The first-order valence-electron chi connectivity index (χ1n) is 6.01. The number of anilines is 1. The van der Waals surface area contributed by atoms with E-state index in [1.807, 2.05) is 0 Å². The minimum atomic E-state index is -0.735. The molecule has 0 saturated heterocycles. The maximum absolute atomic E-state index is 13.6. The van der Waals surface area contributed by atoms with E-state index in [2.05, 4.69) is 10.1 Å². The second-order valence-corrected chi connectivity index (χ2v) is 3.69. The molecule has 5 nitrogen and oxygen atoms in total. The number of esters is 1. The van der Waals surface area contributed by atoms with Gasteiger partial charge in [0.25, 0.3) is 0 Å². The van der Waals surface area contributed by atoms with Crippen LogP contribution in [0.3, 0.4) is 0 Å². The number of nitrogens with one attached hydrogen (secondary N) is 1. The maximum atomic E-state index is 13.6. The fourth-order valence-corrected chi connectivity index (χ4v) is 1.36. The van der Waals surface area contributed by atoms with Crippen molar-refractivity contribution in [2.24, 2.45) is 0 Å². The molecule has 6 heteroatoms. The SMILES string of the molecule is CCCC(=O)Oc1c(F)cccc1NC(=O)OCC. The van der Waals surface area contributed by atoms with E-state index in [-0.39, 0.29) is 24.5 Å². The molecule has 0 saturated carbocycles. The first-order valence-corrected chi connectivity index (χ1v) is 6.01. The van der Waals surface area contributed by atoms with Crippen molar-refractivity contribution in [3.63, 3.8) is 0 Å².